The van der Waals surface area contributed by atoms with E-state index in [-0.39, 0.29) is 0 Å². The van der Waals surface area contributed by atoms with Gasteiger partial charge in [-0.1, -0.05) is 6.07 Å². The van der Waals surface area contributed by atoms with Gasteiger partial charge in [0.05, 0.1) is 12.2 Å². The van der Waals surface area contributed by atoms with Crippen molar-refractivity contribution >= 4 is 5.82 Å². The minimum Gasteiger partial charge on any atom is -0.375 e. The number of aromatic nitrogens is 1. The largest absolute Gasteiger partial charge is 0.375 e. The lowest BCUT2D eigenvalue weighted by Crippen LogP contribution is -2.38. The Labute approximate surface area is 97.4 Å². The van der Waals surface area contributed by atoms with Crippen LogP contribution in [0.4, 0.5) is 5.82 Å². The summed E-state index contributed by atoms with van der Waals surface area (Å²) in [6.45, 7) is 6.30. The Hall–Kier alpha value is -1.09. The number of ether oxygens (including phenoxy) is 1. The molecule has 0 aromatic carbocycles. The van der Waals surface area contributed by atoms with Crippen LogP contribution in [0.5, 0.6) is 0 Å². The molecule has 0 N–H and O–H groups in total. The van der Waals surface area contributed by atoms with Gasteiger partial charge in [0.25, 0.3) is 0 Å². The van der Waals surface area contributed by atoms with Crippen molar-refractivity contribution in [3.8, 4) is 0 Å². The Bertz CT molecular complexity index is 305. The minimum atomic E-state index is 0.339. The Morgan fingerprint density at radius 1 is 1.31 bits per heavy atom. The van der Waals surface area contributed by atoms with E-state index in [0.717, 1.165) is 31.7 Å². The van der Waals surface area contributed by atoms with Crippen molar-refractivity contribution in [1.82, 2.24) is 4.98 Å². The molecule has 1 aliphatic heterocycles. The van der Waals surface area contributed by atoms with Gasteiger partial charge >= 0.3 is 0 Å². The Kier molecular flexibility index (Phi) is 3.78. The van der Waals surface area contributed by atoms with Crippen molar-refractivity contribution in [2.24, 2.45) is 0 Å². The van der Waals surface area contributed by atoms with Crippen molar-refractivity contribution in [2.45, 2.75) is 38.9 Å². The molecule has 0 radical (unpaired) electrons. The second kappa shape index (κ2) is 5.30. The lowest BCUT2D eigenvalue weighted by molar-refractivity contribution is -0.00484. The van der Waals surface area contributed by atoms with Crippen molar-refractivity contribution in [3.05, 3.63) is 24.4 Å². The summed E-state index contributed by atoms with van der Waals surface area (Å²) in [5, 5.41) is 0. The van der Waals surface area contributed by atoms with Crippen LogP contribution in [-0.2, 0) is 4.74 Å². The van der Waals surface area contributed by atoms with E-state index in [1.807, 2.05) is 18.3 Å². The number of hydrogen-bond donors (Lipinski definition) is 0. The quantitative estimate of drug-likeness (QED) is 0.782. The van der Waals surface area contributed by atoms with Crippen LogP contribution < -0.4 is 4.90 Å². The zero-order valence-electron chi connectivity index (χ0n) is 10.1. The molecule has 0 bridgehead atoms. The molecular weight excluding hydrogens is 200 g/mol. The van der Waals surface area contributed by atoms with Crippen LogP contribution in [0.2, 0.25) is 0 Å². The first-order valence-corrected chi connectivity index (χ1v) is 6.07. The van der Waals surface area contributed by atoms with E-state index < -0.39 is 0 Å². The molecule has 1 aromatic heterocycles. The molecule has 0 amide bonds. The molecule has 3 heteroatoms. The van der Waals surface area contributed by atoms with Gasteiger partial charge in [-0.15, -0.1) is 0 Å². The van der Waals surface area contributed by atoms with Crippen LogP contribution in [0.15, 0.2) is 24.4 Å². The third-order valence-corrected chi connectivity index (χ3v) is 2.88. The van der Waals surface area contributed by atoms with Crippen molar-refractivity contribution in [2.75, 3.05) is 18.0 Å². The molecule has 16 heavy (non-hydrogen) atoms. The fourth-order valence-corrected chi connectivity index (χ4v) is 2.15. The second-order valence-electron chi connectivity index (χ2n) is 4.56. The molecule has 1 aromatic rings. The highest BCUT2D eigenvalue weighted by Crippen LogP contribution is 2.19. The molecule has 0 aliphatic carbocycles. The van der Waals surface area contributed by atoms with Gasteiger partial charge in [-0.3, -0.25) is 0 Å². The molecule has 2 heterocycles. The minimum absolute atomic E-state index is 0.339. The van der Waals surface area contributed by atoms with Crippen molar-refractivity contribution in [3.63, 3.8) is 0 Å². The predicted octanol–water partition coefficient (Wildman–Crippen LogP) is 2.48. The molecule has 0 unspecified atom stereocenters. The van der Waals surface area contributed by atoms with Crippen LogP contribution in [-0.4, -0.2) is 30.3 Å². The smallest absolute Gasteiger partial charge is 0.128 e. The first-order chi connectivity index (χ1) is 7.75. The summed E-state index contributed by atoms with van der Waals surface area (Å²) in [5.74, 6) is 1.09. The fourth-order valence-electron chi connectivity index (χ4n) is 2.15. The molecule has 1 fully saturated rings. The molecule has 1 aliphatic rings. The lowest BCUT2D eigenvalue weighted by atomic mass is 10.1. The molecule has 1 saturated heterocycles. The molecule has 0 saturated carbocycles. The average molecular weight is 220 g/mol. The maximum absolute atomic E-state index is 5.83. The summed E-state index contributed by atoms with van der Waals surface area (Å²) in [7, 11) is 0. The standard InChI is InChI=1S/C13H20N2O/c1-11(2)16-12-6-9-15(10-7-12)13-5-3-4-8-14-13/h3-5,8,11-12H,6-7,9-10H2,1-2H3. The van der Waals surface area contributed by atoms with E-state index in [1.165, 1.54) is 0 Å². The summed E-state index contributed by atoms with van der Waals surface area (Å²) in [5.41, 5.74) is 0. The number of piperidine rings is 1. The van der Waals surface area contributed by atoms with Gasteiger partial charge < -0.3 is 9.64 Å². The summed E-state index contributed by atoms with van der Waals surface area (Å²) in [4.78, 5) is 6.71. The van der Waals surface area contributed by atoms with Crippen LogP contribution >= 0.6 is 0 Å². The van der Waals surface area contributed by atoms with Gasteiger partial charge in [0.15, 0.2) is 0 Å². The highest BCUT2D eigenvalue weighted by molar-refractivity contribution is 5.37. The fraction of sp³-hybridized carbons (Fsp3) is 0.615. The number of rotatable bonds is 3. The van der Waals surface area contributed by atoms with Gasteiger partial charge in [0.2, 0.25) is 0 Å². The van der Waals surface area contributed by atoms with Crippen molar-refractivity contribution < 1.29 is 4.74 Å². The van der Waals surface area contributed by atoms with E-state index in [4.69, 9.17) is 4.74 Å². The SMILES string of the molecule is CC(C)OC1CCN(c2ccccn2)CC1. The molecule has 0 atom stereocenters. The van der Waals surface area contributed by atoms with Gasteiger partial charge in [-0.25, -0.2) is 4.98 Å². The Balaban J connectivity index is 1.86. The highest BCUT2D eigenvalue weighted by atomic mass is 16.5. The molecule has 0 spiro atoms. The van der Waals surface area contributed by atoms with Gasteiger partial charge in [-0.05, 0) is 38.8 Å². The van der Waals surface area contributed by atoms with Gasteiger partial charge in [-0.2, -0.15) is 0 Å². The molecule has 88 valence electrons. The third kappa shape index (κ3) is 2.95. The maximum Gasteiger partial charge on any atom is 0.128 e. The summed E-state index contributed by atoms with van der Waals surface area (Å²) < 4.78 is 5.83. The summed E-state index contributed by atoms with van der Waals surface area (Å²) in [6.07, 6.45) is 4.83. The zero-order chi connectivity index (χ0) is 11.4. The Morgan fingerprint density at radius 2 is 2.06 bits per heavy atom. The van der Waals surface area contributed by atoms with Crippen molar-refractivity contribution in [1.29, 1.82) is 0 Å². The molecule has 2 rings (SSSR count). The van der Waals surface area contributed by atoms with Crippen LogP contribution in [0.3, 0.4) is 0 Å². The lowest BCUT2D eigenvalue weighted by Gasteiger charge is -2.33. The topological polar surface area (TPSA) is 25.4 Å². The normalized spacial score (nSPS) is 18.1. The van der Waals surface area contributed by atoms with Crippen LogP contribution in [0.25, 0.3) is 0 Å². The number of pyridine rings is 1. The van der Waals surface area contributed by atoms with Crippen LogP contribution in [0.1, 0.15) is 26.7 Å². The highest BCUT2D eigenvalue weighted by Gasteiger charge is 2.20. The Morgan fingerprint density at radius 3 is 2.62 bits per heavy atom. The second-order valence-corrected chi connectivity index (χ2v) is 4.56. The first-order valence-electron chi connectivity index (χ1n) is 6.07. The third-order valence-electron chi connectivity index (χ3n) is 2.88. The number of hydrogen-bond acceptors (Lipinski definition) is 3. The summed E-state index contributed by atoms with van der Waals surface area (Å²) >= 11 is 0. The molecule has 3 nitrogen and oxygen atoms in total. The van der Waals surface area contributed by atoms with E-state index >= 15 is 0 Å². The number of anilines is 1. The maximum atomic E-state index is 5.83. The van der Waals surface area contributed by atoms with Gasteiger partial charge in [0, 0.05) is 19.3 Å². The van der Waals surface area contributed by atoms with E-state index in [0.29, 0.717) is 12.2 Å². The van der Waals surface area contributed by atoms with E-state index in [9.17, 15) is 0 Å². The number of nitrogens with zero attached hydrogens (tertiary/aromatic N) is 2. The van der Waals surface area contributed by atoms with Gasteiger partial charge in [0.1, 0.15) is 5.82 Å². The van der Waals surface area contributed by atoms with E-state index in [1.54, 1.807) is 0 Å². The zero-order valence-corrected chi connectivity index (χ0v) is 10.1. The first kappa shape index (κ1) is 11.4. The summed E-state index contributed by atoms with van der Waals surface area (Å²) in [6, 6.07) is 6.07. The predicted molar refractivity (Wildman–Crippen MR) is 65.7 cm³/mol. The molecular formula is C13H20N2O. The van der Waals surface area contributed by atoms with Crippen LogP contribution in [0, 0.1) is 0 Å². The average Bonchev–Trinajstić information content (AvgIpc) is 2.30. The monoisotopic (exact) mass is 220 g/mol. The van der Waals surface area contributed by atoms with E-state index in [2.05, 4.69) is 29.8 Å².